The maximum Gasteiger partial charge on any atom is 0.243 e. The van der Waals surface area contributed by atoms with Crippen LogP contribution in [-0.4, -0.2) is 39.4 Å². The molecule has 2 aromatic rings. The van der Waals surface area contributed by atoms with Gasteiger partial charge in [0.25, 0.3) is 0 Å². The summed E-state index contributed by atoms with van der Waals surface area (Å²) >= 11 is 0. The maximum absolute atomic E-state index is 12.8. The predicted molar refractivity (Wildman–Crippen MR) is 91.8 cm³/mol. The summed E-state index contributed by atoms with van der Waals surface area (Å²) in [6, 6.07) is 10.2. The quantitative estimate of drug-likeness (QED) is 0.781. The summed E-state index contributed by atoms with van der Waals surface area (Å²) in [5, 5.41) is 0. The van der Waals surface area contributed by atoms with Crippen LogP contribution in [0.15, 0.2) is 58.5 Å². The van der Waals surface area contributed by atoms with Crippen molar-refractivity contribution in [3.05, 3.63) is 54.4 Å². The number of pyridine rings is 1. The Kier molecular flexibility index (Phi) is 5.42. The van der Waals surface area contributed by atoms with E-state index in [1.54, 1.807) is 18.3 Å². The van der Waals surface area contributed by atoms with Gasteiger partial charge in [0.15, 0.2) is 9.84 Å². The summed E-state index contributed by atoms with van der Waals surface area (Å²) in [6.45, 7) is 1.89. The zero-order chi connectivity index (χ0) is 18.0. The van der Waals surface area contributed by atoms with E-state index in [2.05, 4.69) is 4.98 Å². The van der Waals surface area contributed by atoms with E-state index in [1.807, 2.05) is 13.0 Å². The molecule has 1 aromatic carbocycles. The third-order valence-corrected chi connectivity index (χ3v) is 6.79. The van der Waals surface area contributed by atoms with Gasteiger partial charge >= 0.3 is 0 Å². The van der Waals surface area contributed by atoms with E-state index in [4.69, 9.17) is 0 Å². The summed E-state index contributed by atoms with van der Waals surface area (Å²) in [4.78, 5) is 4.37. The van der Waals surface area contributed by atoms with Crippen molar-refractivity contribution in [1.82, 2.24) is 9.29 Å². The molecule has 1 atom stereocenters. The van der Waals surface area contributed by atoms with Gasteiger partial charge in [-0.25, -0.2) is 16.8 Å². The monoisotopic (exact) mass is 368 g/mol. The molecule has 0 fully saturated rings. The minimum absolute atomic E-state index is 0.0479. The van der Waals surface area contributed by atoms with Crippen LogP contribution in [0.25, 0.3) is 0 Å². The van der Waals surface area contributed by atoms with E-state index in [9.17, 15) is 16.8 Å². The lowest BCUT2D eigenvalue weighted by atomic mass is 10.1. The Balaban J connectivity index is 2.38. The topological polar surface area (TPSA) is 84.4 Å². The highest BCUT2D eigenvalue weighted by Crippen LogP contribution is 2.27. The molecule has 0 saturated heterocycles. The summed E-state index contributed by atoms with van der Waals surface area (Å²) in [5.41, 5.74) is 0.666. The molecule has 2 rings (SSSR count). The van der Waals surface area contributed by atoms with Crippen LogP contribution >= 0.6 is 0 Å². The van der Waals surface area contributed by atoms with Crippen LogP contribution in [0.5, 0.6) is 0 Å². The van der Waals surface area contributed by atoms with E-state index in [-0.39, 0.29) is 9.79 Å². The maximum atomic E-state index is 12.8. The first-order valence-corrected chi connectivity index (χ1v) is 10.7. The summed E-state index contributed by atoms with van der Waals surface area (Å²) in [7, 11) is -5.63. The molecule has 1 heterocycles. The van der Waals surface area contributed by atoms with E-state index < -0.39 is 25.9 Å². The van der Waals surface area contributed by atoms with Crippen molar-refractivity contribution < 1.29 is 16.8 Å². The van der Waals surface area contributed by atoms with Gasteiger partial charge in [0.05, 0.1) is 21.5 Å². The van der Waals surface area contributed by atoms with Crippen molar-refractivity contribution in [3.8, 4) is 0 Å². The molecular formula is C16H20N2O4S2. The highest BCUT2D eigenvalue weighted by Gasteiger charge is 2.29. The zero-order valence-corrected chi connectivity index (χ0v) is 15.4. The molecule has 0 N–H and O–H groups in total. The summed E-state index contributed by atoms with van der Waals surface area (Å²) in [5.74, 6) is 0. The van der Waals surface area contributed by atoms with Gasteiger partial charge in [-0.15, -0.1) is 0 Å². The lowest BCUT2D eigenvalue weighted by Gasteiger charge is -2.26. The molecule has 6 nitrogen and oxygen atoms in total. The first-order chi connectivity index (χ1) is 11.2. The largest absolute Gasteiger partial charge is 0.260 e. The number of sulfonamides is 1. The molecule has 0 aliphatic carbocycles. The predicted octanol–water partition coefficient (Wildman–Crippen LogP) is 2.26. The van der Waals surface area contributed by atoms with Crippen molar-refractivity contribution >= 4 is 19.9 Å². The molecule has 130 valence electrons. The molecule has 0 amide bonds. The highest BCUT2D eigenvalue weighted by atomic mass is 32.2. The number of benzene rings is 1. The first-order valence-electron chi connectivity index (χ1n) is 7.37. The molecule has 24 heavy (non-hydrogen) atoms. The van der Waals surface area contributed by atoms with Crippen LogP contribution in [0.1, 0.15) is 25.1 Å². The second-order valence-electron chi connectivity index (χ2n) is 5.44. The minimum Gasteiger partial charge on any atom is -0.260 e. The van der Waals surface area contributed by atoms with E-state index >= 15 is 0 Å². The molecule has 0 saturated carbocycles. The third-order valence-electron chi connectivity index (χ3n) is 3.78. The van der Waals surface area contributed by atoms with Crippen LogP contribution in [0, 0.1) is 0 Å². The van der Waals surface area contributed by atoms with Crippen LogP contribution in [0.3, 0.4) is 0 Å². The second-order valence-corrected chi connectivity index (χ2v) is 9.46. The molecular weight excluding hydrogens is 348 g/mol. The van der Waals surface area contributed by atoms with E-state index in [0.29, 0.717) is 12.1 Å². The van der Waals surface area contributed by atoms with Gasteiger partial charge in [-0.2, -0.15) is 4.31 Å². The Morgan fingerprint density at radius 2 is 1.58 bits per heavy atom. The third kappa shape index (κ3) is 3.82. The van der Waals surface area contributed by atoms with Gasteiger partial charge in [-0.05, 0) is 42.8 Å². The summed E-state index contributed by atoms with van der Waals surface area (Å²) < 4.78 is 49.9. The number of nitrogens with zero attached hydrogens (tertiary/aromatic N) is 2. The molecule has 0 aliphatic rings. The van der Waals surface area contributed by atoms with E-state index in [0.717, 1.165) is 6.26 Å². The van der Waals surface area contributed by atoms with Crippen LogP contribution in [0.2, 0.25) is 0 Å². The standard InChI is InChI=1S/C16H20N2O4S2/c1-4-16(15-7-5-6-12-17-15)18(2)24(21,22)14-10-8-13(9-11-14)23(3,19)20/h5-12,16H,4H2,1-3H3. The van der Waals surface area contributed by atoms with Crippen LogP contribution in [-0.2, 0) is 19.9 Å². The lowest BCUT2D eigenvalue weighted by molar-refractivity contribution is 0.360. The molecule has 8 heteroatoms. The van der Waals surface area contributed by atoms with Crippen molar-refractivity contribution in [3.63, 3.8) is 0 Å². The smallest absolute Gasteiger partial charge is 0.243 e. The molecule has 0 bridgehead atoms. The Hall–Kier alpha value is -1.77. The van der Waals surface area contributed by atoms with Crippen molar-refractivity contribution in [2.24, 2.45) is 0 Å². The molecule has 0 aliphatic heterocycles. The number of sulfone groups is 1. The van der Waals surface area contributed by atoms with Gasteiger partial charge in [-0.3, -0.25) is 4.98 Å². The number of hydrogen-bond donors (Lipinski definition) is 0. The summed E-state index contributed by atoms with van der Waals surface area (Å²) in [6.07, 6.45) is 3.27. The zero-order valence-electron chi connectivity index (χ0n) is 13.7. The Morgan fingerprint density at radius 1 is 1.00 bits per heavy atom. The number of aromatic nitrogens is 1. The fourth-order valence-corrected chi connectivity index (χ4v) is 4.45. The fraction of sp³-hybridized carbons (Fsp3) is 0.312. The fourth-order valence-electron chi connectivity index (χ4n) is 2.42. The van der Waals surface area contributed by atoms with Crippen LogP contribution in [0.4, 0.5) is 0 Å². The van der Waals surface area contributed by atoms with Crippen molar-refractivity contribution in [1.29, 1.82) is 0 Å². The van der Waals surface area contributed by atoms with Crippen LogP contribution < -0.4 is 0 Å². The minimum atomic E-state index is -3.76. The highest BCUT2D eigenvalue weighted by molar-refractivity contribution is 7.90. The van der Waals surface area contributed by atoms with E-state index in [1.165, 1.54) is 35.6 Å². The average Bonchev–Trinajstić information content (AvgIpc) is 2.55. The average molecular weight is 368 g/mol. The van der Waals surface area contributed by atoms with Gasteiger partial charge in [0, 0.05) is 19.5 Å². The first kappa shape index (κ1) is 18.6. The van der Waals surface area contributed by atoms with Gasteiger partial charge in [-0.1, -0.05) is 13.0 Å². The molecule has 1 unspecified atom stereocenters. The van der Waals surface area contributed by atoms with Gasteiger partial charge in [0.2, 0.25) is 10.0 Å². The Morgan fingerprint density at radius 3 is 2.04 bits per heavy atom. The van der Waals surface area contributed by atoms with Crippen molar-refractivity contribution in [2.45, 2.75) is 29.2 Å². The second kappa shape index (κ2) is 7.00. The lowest BCUT2D eigenvalue weighted by Crippen LogP contribution is -2.31. The molecule has 1 aromatic heterocycles. The number of hydrogen-bond acceptors (Lipinski definition) is 5. The van der Waals surface area contributed by atoms with Gasteiger partial charge < -0.3 is 0 Å². The Bertz CT molecular complexity index is 893. The van der Waals surface area contributed by atoms with Gasteiger partial charge in [0.1, 0.15) is 0 Å². The SMILES string of the molecule is CCC(c1ccccn1)N(C)S(=O)(=O)c1ccc(S(C)(=O)=O)cc1. The number of rotatable bonds is 6. The Labute approximate surface area is 143 Å². The van der Waals surface area contributed by atoms with Crippen molar-refractivity contribution in [2.75, 3.05) is 13.3 Å². The molecule has 0 radical (unpaired) electrons. The normalized spacial score (nSPS) is 13.8. The molecule has 0 spiro atoms.